The second-order valence-corrected chi connectivity index (χ2v) is 5.55. The van der Waals surface area contributed by atoms with Crippen LogP contribution < -0.4 is 4.74 Å². The van der Waals surface area contributed by atoms with E-state index in [4.69, 9.17) is 4.74 Å². The number of phenols is 1. The van der Waals surface area contributed by atoms with E-state index >= 15 is 0 Å². The second kappa shape index (κ2) is 5.72. The third-order valence-corrected chi connectivity index (χ3v) is 3.66. The molecule has 0 amide bonds. The second-order valence-electron chi connectivity index (χ2n) is 5.55. The van der Waals surface area contributed by atoms with E-state index < -0.39 is 0 Å². The van der Waals surface area contributed by atoms with Gasteiger partial charge >= 0.3 is 0 Å². The van der Waals surface area contributed by atoms with Crippen molar-refractivity contribution in [3.63, 3.8) is 0 Å². The molecule has 4 heteroatoms. The Morgan fingerprint density at radius 1 is 1.14 bits per heavy atom. The molecule has 2 aromatic carbocycles. The SMILES string of the molecule is CC(C)n1c(COc2ccc(F)cc2)cc2c(O)cccc21. The molecular formula is C18H18FNO2. The molecule has 22 heavy (non-hydrogen) atoms. The predicted octanol–water partition coefficient (Wildman–Crippen LogP) is 4.65. The smallest absolute Gasteiger partial charge is 0.128 e. The molecule has 3 nitrogen and oxygen atoms in total. The van der Waals surface area contributed by atoms with Gasteiger partial charge in [0.25, 0.3) is 0 Å². The van der Waals surface area contributed by atoms with Crippen LogP contribution in [0.25, 0.3) is 10.9 Å². The Morgan fingerprint density at radius 3 is 2.55 bits per heavy atom. The van der Waals surface area contributed by atoms with Crippen LogP contribution in [0.1, 0.15) is 25.6 Å². The lowest BCUT2D eigenvalue weighted by molar-refractivity contribution is 0.292. The number of hydrogen-bond donors (Lipinski definition) is 1. The zero-order chi connectivity index (χ0) is 15.7. The van der Waals surface area contributed by atoms with Crippen LogP contribution in [0.4, 0.5) is 4.39 Å². The van der Waals surface area contributed by atoms with Crippen molar-refractivity contribution in [2.45, 2.75) is 26.5 Å². The topological polar surface area (TPSA) is 34.4 Å². The summed E-state index contributed by atoms with van der Waals surface area (Å²) in [5.74, 6) is 0.597. The van der Waals surface area contributed by atoms with Gasteiger partial charge in [0.15, 0.2) is 0 Å². The van der Waals surface area contributed by atoms with Gasteiger partial charge in [-0.2, -0.15) is 0 Å². The van der Waals surface area contributed by atoms with Gasteiger partial charge in [0.05, 0.1) is 11.2 Å². The van der Waals surface area contributed by atoms with Gasteiger partial charge in [-0.3, -0.25) is 0 Å². The lowest BCUT2D eigenvalue weighted by Crippen LogP contribution is -2.08. The molecule has 0 spiro atoms. The first-order valence-corrected chi connectivity index (χ1v) is 7.26. The van der Waals surface area contributed by atoms with Gasteiger partial charge in [-0.25, -0.2) is 4.39 Å². The van der Waals surface area contributed by atoms with Gasteiger partial charge < -0.3 is 14.4 Å². The van der Waals surface area contributed by atoms with Crippen molar-refractivity contribution >= 4 is 10.9 Å². The monoisotopic (exact) mass is 299 g/mol. The Kier molecular flexibility index (Phi) is 3.75. The van der Waals surface area contributed by atoms with Gasteiger partial charge in [0, 0.05) is 11.4 Å². The quantitative estimate of drug-likeness (QED) is 0.761. The van der Waals surface area contributed by atoms with E-state index in [0.29, 0.717) is 12.4 Å². The van der Waals surface area contributed by atoms with E-state index in [1.165, 1.54) is 12.1 Å². The lowest BCUT2D eigenvalue weighted by Gasteiger charge is -2.15. The van der Waals surface area contributed by atoms with Gasteiger partial charge in [0.2, 0.25) is 0 Å². The molecule has 0 aliphatic heterocycles. The summed E-state index contributed by atoms with van der Waals surface area (Å²) in [4.78, 5) is 0. The summed E-state index contributed by atoms with van der Waals surface area (Å²) in [5, 5.41) is 10.8. The summed E-state index contributed by atoms with van der Waals surface area (Å²) in [5.41, 5.74) is 1.95. The van der Waals surface area contributed by atoms with Crippen molar-refractivity contribution in [2.75, 3.05) is 0 Å². The molecule has 3 rings (SSSR count). The molecule has 0 saturated carbocycles. The highest BCUT2D eigenvalue weighted by Crippen LogP contribution is 2.31. The number of aromatic hydroxyl groups is 1. The van der Waals surface area contributed by atoms with Crippen LogP contribution in [0.15, 0.2) is 48.5 Å². The summed E-state index contributed by atoms with van der Waals surface area (Å²) in [6.45, 7) is 4.54. The number of ether oxygens (including phenoxy) is 1. The van der Waals surface area contributed by atoms with Crippen molar-refractivity contribution in [1.29, 1.82) is 0 Å². The van der Waals surface area contributed by atoms with E-state index in [9.17, 15) is 9.50 Å². The van der Waals surface area contributed by atoms with Crippen molar-refractivity contribution in [3.8, 4) is 11.5 Å². The third kappa shape index (κ3) is 2.64. The fourth-order valence-electron chi connectivity index (χ4n) is 2.70. The number of halogens is 1. The van der Waals surface area contributed by atoms with Crippen molar-refractivity contribution in [2.24, 2.45) is 0 Å². The van der Waals surface area contributed by atoms with Crippen molar-refractivity contribution in [1.82, 2.24) is 4.57 Å². The van der Waals surface area contributed by atoms with E-state index in [2.05, 4.69) is 18.4 Å². The lowest BCUT2D eigenvalue weighted by atomic mass is 10.2. The Morgan fingerprint density at radius 2 is 1.86 bits per heavy atom. The maximum atomic E-state index is 12.9. The molecule has 3 aromatic rings. The maximum absolute atomic E-state index is 12.9. The van der Waals surface area contributed by atoms with Gasteiger partial charge in [0.1, 0.15) is 23.9 Å². The maximum Gasteiger partial charge on any atom is 0.128 e. The van der Waals surface area contributed by atoms with Crippen LogP contribution in [-0.2, 0) is 6.61 Å². The molecule has 0 unspecified atom stereocenters. The number of aromatic nitrogens is 1. The van der Waals surface area contributed by atoms with Crippen LogP contribution in [0.3, 0.4) is 0 Å². The molecule has 1 N–H and O–H groups in total. The predicted molar refractivity (Wildman–Crippen MR) is 84.7 cm³/mol. The molecule has 0 radical (unpaired) electrons. The van der Waals surface area contributed by atoms with Crippen molar-refractivity contribution < 1.29 is 14.2 Å². The summed E-state index contributed by atoms with van der Waals surface area (Å²) >= 11 is 0. The van der Waals surface area contributed by atoms with E-state index in [0.717, 1.165) is 16.6 Å². The van der Waals surface area contributed by atoms with Gasteiger partial charge in [-0.05, 0) is 56.3 Å². The van der Waals surface area contributed by atoms with Crippen LogP contribution in [0.5, 0.6) is 11.5 Å². The van der Waals surface area contributed by atoms with E-state index in [-0.39, 0.29) is 17.6 Å². The third-order valence-electron chi connectivity index (χ3n) is 3.66. The summed E-state index contributed by atoms with van der Waals surface area (Å²) in [6.07, 6.45) is 0. The molecule has 114 valence electrons. The Balaban J connectivity index is 1.94. The Hall–Kier alpha value is -2.49. The number of fused-ring (bicyclic) bond motifs is 1. The number of hydrogen-bond acceptors (Lipinski definition) is 2. The molecule has 0 aliphatic carbocycles. The summed E-state index contributed by atoms with van der Waals surface area (Å²) in [7, 11) is 0. The van der Waals surface area contributed by atoms with E-state index in [1.54, 1.807) is 18.2 Å². The average Bonchev–Trinajstić information content (AvgIpc) is 2.87. The molecule has 0 fully saturated rings. The molecule has 1 heterocycles. The highest BCUT2D eigenvalue weighted by molar-refractivity contribution is 5.87. The molecule has 0 saturated heterocycles. The minimum atomic E-state index is -0.284. The Labute approximate surface area is 128 Å². The van der Waals surface area contributed by atoms with Gasteiger partial charge in [-0.1, -0.05) is 6.07 Å². The van der Waals surface area contributed by atoms with Crippen LogP contribution >= 0.6 is 0 Å². The average molecular weight is 299 g/mol. The standard InChI is InChI=1S/C18H18FNO2/c1-12(2)20-14(10-16-17(20)4-3-5-18(16)21)11-22-15-8-6-13(19)7-9-15/h3-10,12,21H,11H2,1-2H3. The normalized spacial score (nSPS) is 11.3. The first kappa shape index (κ1) is 14.4. The summed E-state index contributed by atoms with van der Waals surface area (Å²) in [6, 6.07) is 13.6. The van der Waals surface area contributed by atoms with Gasteiger partial charge in [-0.15, -0.1) is 0 Å². The molecule has 1 aromatic heterocycles. The largest absolute Gasteiger partial charge is 0.507 e. The molecule has 0 aliphatic rings. The minimum absolute atomic E-state index is 0.242. The first-order valence-electron chi connectivity index (χ1n) is 7.26. The number of rotatable bonds is 4. The molecular weight excluding hydrogens is 281 g/mol. The number of phenolic OH excluding ortho intramolecular Hbond substituents is 1. The number of benzene rings is 2. The van der Waals surface area contributed by atoms with Crippen LogP contribution in [0, 0.1) is 5.82 Å². The fraction of sp³-hybridized carbons (Fsp3) is 0.222. The zero-order valence-electron chi connectivity index (χ0n) is 12.6. The zero-order valence-corrected chi connectivity index (χ0v) is 12.6. The van der Waals surface area contributed by atoms with Crippen LogP contribution in [0.2, 0.25) is 0 Å². The first-order chi connectivity index (χ1) is 10.6. The van der Waals surface area contributed by atoms with Crippen LogP contribution in [-0.4, -0.2) is 9.67 Å². The molecule has 0 atom stereocenters. The summed E-state index contributed by atoms with van der Waals surface area (Å²) < 4.78 is 20.8. The number of nitrogens with zero attached hydrogens (tertiary/aromatic N) is 1. The Bertz CT molecular complexity index is 791. The highest BCUT2D eigenvalue weighted by atomic mass is 19.1. The minimum Gasteiger partial charge on any atom is -0.507 e. The van der Waals surface area contributed by atoms with Crippen molar-refractivity contribution in [3.05, 3.63) is 60.0 Å². The fourth-order valence-corrected chi connectivity index (χ4v) is 2.70. The molecule has 0 bridgehead atoms. The van der Waals surface area contributed by atoms with E-state index in [1.807, 2.05) is 18.2 Å². The highest BCUT2D eigenvalue weighted by Gasteiger charge is 2.14.